The van der Waals surface area contributed by atoms with Crippen LogP contribution in [0, 0.1) is 0 Å². The van der Waals surface area contributed by atoms with E-state index >= 15 is 0 Å². The Bertz CT molecular complexity index is 1140. The molecule has 0 aliphatic carbocycles. The third kappa shape index (κ3) is 59.4. The van der Waals surface area contributed by atoms with Gasteiger partial charge in [-0.1, -0.05) is 301 Å². The number of unbranched alkanes of at least 4 members (excludes halogenated alkanes) is 47. The highest BCUT2D eigenvalue weighted by molar-refractivity contribution is 5.76. The predicted octanol–water partition coefficient (Wildman–Crippen LogP) is 21.0. The zero-order valence-corrected chi connectivity index (χ0v) is 49.4. The Morgan fingerprint density at radius 1 is 0.370 bits per heavy atom. The monoisotopic (exact) mass is 1030 g/mol. The van der Waals surface area contributed by atoms with E-state index in [-0.39, 0.29) is 18.5 Å². The van der Waals surface area contributed by atoms with Crippen molar-refractivity contribution in [1.29, 1.82) is 0 Å². The highest BCUT2D eigenvalue weighted by Gasteiger charge is 2.20. The first-order valence-corrected chi connectivity index (χ1v) is 33.1. The van der Waals surface area contributed by atoms with E-state index in [1.165, 1.54) is 289 Å². The summed E-state index contributed by atoms with van der Waals surface area (Å²) in [6.07, 6.45) is 77.7. The number of hydrogen-bond acceptors (Lipinski definition) is 5. The van der Waals surface area contributed by atoms with Gasteiger partial charge in [-0.3, -0.25) is 9.59 Å². The van der Waals surface area contributed by atoms with Crippen molar-refractivity contribution in [2.24, 2.45) is 0 Å². The molecule has 0 aliphatic rings. The molecule has 0 spiro atoms. The van der Waals surface area contributed by atoms with E-state index in [0.29, 0.717) is 25.9 Å². The van der Waals surface area contributed by atoms with E-state index in [2.05, 4.69) is 43.5 Å². The van der Waals surface area contributed by atoms with E-state index in [4.69, 9.17) is 4.74 Å². The first kappa shape index (κ1) is 71.3. The minimum absolute atomic E-state index is 0.00383. The van der Waals surface area contributed by atoms with Crippen LogP contribution in [0.2, 0.25) is 0 Å². The van der Waals surface area contributed by atoms with Crippen LogP contribution in [0.1, 0.15) is 367 Å². The molecular formula is C67H129NO5. The van der Waals surface area contributed by atoms with Gasteiger partial charge in [0, 0.05) is 12.8 Å². The zero-order valence-electron chi connectivity index (χ0n) is 49.4. The van der Waals surface area contributed by atoms with Crippen LogP contribution in [0.15, 0.2) is 24.3 Å². The smallest absolute Gasteiger partial charge is 0.305 e. The normalized spacial score (nSPS) is 12.7. The molecule has 0 aromatic heterocycles. The molecule has 0 saturated carbocycles. The standard InChI is InChI=1S/C67H129NO5/c1-3-5-7-9-11-13-15-17-18-19-26-29-32-36-39-43-47-51-55-59-65(70)64(63-69)68-66(71)60-56-52-48-44-40-37-33-30-27-24-22-20-21-23-25-28-31-34-38-42-46-50-54-58-62-73-67(72)61-57-53-49-45-41-35-16-14-12-10-8-6-4-2/h14,16,22,24,64-65,69-70H,3-13,15,17-21,23,25-63H2,1-2H3,(H,68,71)/b16-14-,24-22-. The molecule has 0 heterocycles. The Morgan fingerprint density at radius 3 is 0.986 bits per heavy atom. The number of nitrogens with one attached hydrogen (secondary N) is 1. The number of allylic oxidation sites excluding steroid dienone is 4. The predicted molar refractivity (Wildman–Crippen MR) is 320 cm³/mol. The topological polar surface area (TPSA) is 95.9 Å². The van der Waals surface area contributed by atoms with Gasteiger partial charge in [0.15, 0.2) is 0 Å². The lowest BCUT2D eigenvalue weighted by Gasteiger charge is -2.22. The van der Waals surface area contributed by atoms with Crippen molar-refractivity contribution in [2.75, 3.05) is 13.2 Å². The average molecular weight is 1030 g/mol. The summed E-state index contributed by atoms with van der Waals surface area (Å²) in [6, 6.07) is -0.545. The van der Waals surface area contributed by atoms with Crippen molar-refractivity contribution >= 4 is 11.9 Å². The number of rotatable bonds is 62. The SMILES string of the molecule is CCCCCC/C=C\CCCCCCCC(=O)OCCCCCCCCCCCCCC/C=C\CCCCCCCCCCC(=O)NC(CO)C(O)CCCCCCCCCCCCCCCCCCCCC. The molecule has 6 heteroatoms. The van der Waals surface area contributed by atoms with Gasteiger partial charge < -0.3 is 20.3 Å². The largest absolute Gasteiger partial charge is 0.466 e. The second-order valence-electron chi connectivity index (χ2n) is 22.8. The quantitative estimate of drug-likeness (QED) is 0.0320. The minimum atomic E-state index is -0.668. The highest BCUT2D eigenvalue weighted by Crippen LogP contribution is 2.18. The molecule has 0 rings (SSSR count). The van der Waals surface area contributed by atoms with Crippen LogP contribution in [0.5, 0.6) is 0 Å². The lowest BCUT2D eigenvalue weighted by Crippen LogP contribution is -2.45. The molecule has 0 aliphatic heterocycles. The molecule has 0 fully saturated rings. The second-order valence-corrected chi connectivity index (χ2v) is 22.8. The van der Waals surface area contributed by atoms with Gasteiger partial charge >= 0.3 is 5.97 Å². The molecular weight excluding hydrogens is 899 g/mol. The molecule has 73 heavy (non-hydrogen) atoms. The average Bonchev–Trinajstić information content (AvgIpc) is 3.39. The van der Waals surface area contributed by atoms with Crippen LogP contribution in [0.3, 0.4) is 0 Å². The number of aliphatic hydroxyl groups is 2. The molecule has 0 bridgehead atoms. The van der Waals surface area contributed by atoms with E-state index in [9.17, 15) is 19.8 Å². The molecule has 0 aromatic carbocycles. The molecule has 0 radical (unpaired) electrons. The Hall–Kier alpha value is -1.66. The first-order chi connectivity index (χ1) is 36.0. The summed E-state index contributed by atoms with van der Waals surface area (Å²) in [5.74, 6) is -0.0323. The number of aliphatic hydroxyl groups excluding tert-OH is 2. The lowest BCUT2D eigenvalue weighted by molar-refractivity contribution is -0.143. The molecule has 3 N–H and O–H groups in total. The third-order valence-corrected chi connectivity index (χ3v) is 15.5. The van der Waals surface area contributed by atoms with Gasteiger partial charge in [0.25, 0.3) is 0 Å². The Kier molecular flexibility index (Phi) is 61.4. The van der Waals surface area contributed by atoms with Crippen LogP contribution in [-0.2, 0) is 14.3 Å². The minimum Gasteiger partial charge on any atom is -0.466 e. The van der Waals surface area contributed by atoms with Gasteiger partial charge in [0.1, 0.15) is 0 Å². The molecule has 6 nitrogen and oxygen atoms in total. The molecule has 2 unspecified atom stereocenters. The fourth-order valence-corrected chi connectivity index (χ4v) is 10.4. The van der Waals surface area contributed by atoms with Gasteiger partial charge in [-0.25, -0.2) is 0 Å². The summed E-state index contributed by atoms with van der Waals surface area (Å²) >= 11 is 0. The fraction of sp³-hybridized carbons (Fsp3) is 0.910. The molecule has 1 amide bonds. The second kappa shape index (κ2) is 62.9. The number of hydrogen-bond donors (Lipinski definition) is 3. The van der Waals surface area contributed by atoms with Crippen molar-refractivity contribution < 1.29 is 24.5 Å². The van der Waals surface area contributed by atoms with Crippen LogP contribution in [-0.4, -0.2) is 47.4 Å². The van der Waals surface area contributed by atoms with Gasteiger partial charge in [-0.05, 0) is 77.0 Å². The molecule has 0 saturated heterocycles. The van der Waals surface area contributed by atoms with Gasteiger partial charge in [0.05, 0.1) is 25.4 Å². The fourth-order valence-electron chi connectivity index (χ4n) is 10.4. The van der Waals surface area contributed by atoms with E-state index < -0.39 is 12.1 Å². The van der Waals surface area contributed by atoms with Crippen LogP contribution in [0.4, 0.5) is 0 Å². The van der Waals surface area contributed by atoms with Gasteiger partial charge in [0.2, 0.25) is 5.91 Å². The highest BCUT2D eigenvalue weighted by atomic mass is 16.5. The first-order valence-electron chi connectivity index (χ1n) is 33.1. The summed E-state index contributed by atoms with van der Waals surface area (Å²) in [7, 11) is 0. The Labute approximate surface area is 456 Å². The summed E-state index contributed by atoms with van der Waals surface area (Å²) in [4.78, 5) is 24.6. The molecule has 2 atom stereocenters. The summed E-state index contributed by atoms with van der Waals surface area (Å²) in [5.41, 5.74) is 0. The van der Waals surface area contributed by atoms with E-state index in [1.807, 2.05) is 0 Å². The molecule has 0 aromatic rings. The van der Waals surface area contributed by atoms with Crippen molar-refractivity contribution in [2.45, 2.75) is 379 Å². The summed E-state index contributed by atoms with van der Waals surface area (Å²) in [6.45, 7) is 4.96. The maximum absolute atomic E-state index is 12.5. The number of ether oxygens (including phenoxy) is 1. The number of carbonyl (C=O) groups is 2. The Morgan fingerprint density at radius 2 is 0.644 bits per heavy atom. The van der Waals surface area contributed by atoms with Crippen molar-refractivity contribution in [3.8, 4) is 0 Å². The zero-order chi connectivity index (χ0) is 52.9. The number of carbonyl (C=O) groups excluding carboxylic acids is 2. The van der Waals surface area contributed by atoms with Crippen molar-refractivity contribution in [3.63, 3.8) is 0 Å². The van der Waals surface area contributed by atoms with E-state index in [0.717, 1.165) is 44.9 Å². The Balaban J connectivity index is 3.41. The summed E-state index contributed by atoms with van der Waals surface area (Å²) in [5, 5.41) is 23.4. The van der Waals surface area contributed by atoms with E-state index in [1.54, 1.807) is 0 Å². The van der Waals surface area contributed by atoms with Crippen LogP contribution in [0.25, 0.3) is 0 Å². The van der Waals surface area contributed by atoms with Crippen LogP contribution >= 0.6 is 0 Å². The van der Waals surface area contributed by atoms with Crippen molar-refractivity contribution in [1.82, 2.24) is 5.32 Å². The maximum Gasteiger partial charge on any atom is 0.305 e. The molecule has 432 valence electrons. The lowest BCUT2D eigenvalue weighted by atomic mass is 10.0. The van der Waals surface area contributed by atoms with Crippen LogP contribution < -0.4 is 5.32 Å². The van der Waals surface area contributed by atoms with Gasteiger partial charge in [-0.15, -0.1) is 0 Å². The summed E-state index contributed by atoms with van der Waals surface area (Å²) < 4.78 is 5.47. The van der Waals surface area contributed by atoms with Crippen molar-refractivity contribution in [3.05, 3.63) is 24.3 Å². The number of amides is 1. The number of esters is 1. The maximum atomic E-state index is 12.5. The van der Waals surface area contributed by atoms with Gasteiger partial charge in [-0.2, -0.15) is 0 Å². The third-order valence-electron chi connectivity index (χ3n) is 15.5.